The number of amides is 2. The molecular formula is C17H23N5O5S2. The van der Waals surface area contributed by atoms with Gasteiger partial charge in [-0.15, -0.1) is 0 Å². The highest BCUT2D eigenvalue weighted by Gasteiger charge is 2.13. The molecule has 0 aliphatic carbocycles. The van der Waals surface area contributed by atoms with Gasteiger partial charge in [-0.1, -0.05) is 0 Å². The second-order valence-electron chi connectivity index (χ2n) is 6.74. The normalized spacial score (nSPS) is 11.8. The highest BCUT2D eigenvalue weighted by Crippen LogP contribution is 2.20. The highest BCUT2D eigenvalue weighted by atomic mass is 32.2. The molecule has 2 rings (SSSR count). The summed E-state index contributed by atoms with van der Waals surface area (Å²) in [5, 5.41) is 2.66. The summed E-state index contributed by atoms with van der Waals surface area (Å²) >= 11 is 0. The molecule has 0 fully saturated rings. The zero-order valence-corrected chi connectivity index (χ0v) is 17.9. The van der Waals surface area contributed by atoms with Crippen LogP contribution in [0.3, 0.4) is 0 Å². The van der Waals surface area contributed by atoms with Crippen molar-refractivity contribution in [2.75, 3.05) is 42.9 Å². The van der Waals surface area contributed by atoms with Crippen molar-refractivity contribution in [3.63, 3.8) is 0 Å². The summed E-state index contributed by atoms with van der Waals surface area (Å²) in [6.07, 6.45) is 2.21. The van der Waals surface area contributed by atoms with Gasteiger partial charge in [0.2, 0.25) is 0 Å². The lowest BCUT2D eigenvalue weighted by Crippen LogP contribution is -2.34. The molecule has 1 aromatic carbocycles. The molecule has 10 nitrogen and oxygen atoms in total. The first kappa shape index (κ1) is 22.6. The van der Waals surface area contributed by atoms with Crippen LogP contribution in [0.4, 0.5) is 16.3 Å². The molecule has 0 atom stereocenters. The zero-order valence-electron chi connectivity index (χ0n) is 16.3. The number of sulfone groups is 2. The van der Waals surface area contributed by atoms with Gasteiger partial charge >= 0.3 is 6.03 Å². The van der Waals surface area contributed by atoms with E-state index in [0.29, 0.717) is 16.9 Å². The lowest BCUT2D eigenvalue weighted by molar-refractivity contribution is 0.225. The second kappa shape index (κ2) is 8.74. The Morgan fingerprint density at radius 2 is 1.69 bits per heavy atom. The summed E-state index contributed by atoms with van der Waals surface area (Å²) in [4.78, 5) is 21.8. The number of aromatic nitrogens is 2. The number of rotatable bonds is 7. The van der Waals surface area contributed by atoms with Crippen molar-refractivity contribution < 1.29 is 21.6 Å². The first-order valence-electron chi connectivity index (χ1n) is 8.44. The first-order valence-corrected chi connectivity index (χ1v) is 12.6. The van der Waals surface area contributed by atoms with E-state index in [1.54, 1.807) is 24.3 Å². The molecule has 1 aromatic heterocycles. The summed E-state index contributed by atoms with van der Waals surface area (Å²) in [6.45, 7) is 0.0724. The molecule has 0 radical (unpaired) electrons. The molecule has 0 saturated carbocycles. The van der Waals surface area contributed by atoms with E-state index in [-0.39, 0.29) is 29.7 Å². The number of nitrogen functional groups attached to an aromatic ring is 1. The Labute approximate surface area is 170 Å². The number of urea groups is 1. The van der Waals surface area contributed by atoms with Crippen molar-refractivity contribution in [2.45, 2.75) is 5.75 Å². The maximum Gasteiger partial charge on any atom is 0.321 e. The van der Waals surface area contributed by atoms with E-state index in [1.165, 1.54) is 18.0 Å². The molecule has 1 heterocycles. The molecule has 29 heavy (non-hydrogen) atoms. The number of hydrogen-bond acceptors (Lipinski definition) is 8. The van der Waals surface area contributed by atoms with Crippen molar-refractivity contribution in [3.8, 4) is 11.4 Å². The van der Waals surface area contributed by atoms with E-state index < -0.39 is 25.7 Å². The number of carbonyl (C=O) groups is 1. The van der Waals surface area contributed by atoms with Crippen molar-refractivity contribution in [1.29, 1.82) is 0 Å². The predicted molar refractivity (Wildman–Crippen MR) is 112 cm³/mol. The Balaban J connectivity index is 2.11. The van der Waals surface area contributed by atoms with Gasteiger partial charge in [0.15, 0.2) is 15.7 Å². The zero-order chi connectivity index (χ0) is 21.8. The Morgan fingerprint density at radius 1 is 1.07 bits per heavy atom. The predicted octanol–water partition coefficient (Wildman–Crippen LogP) is 0.779. The Hall–Kier alpha value is -2.73. The minimum absolute atomic E-state index is 0.0724. The average Bonchev–Trinajstić information content (AvgIpc) is 2.57. The lowest BCUT2D eigenvalue weighted by Gasteiger charge is -2.17. The number of nitrogens with one attached hydrogen (secondary N) is 1. The molecule has 0 saturated heterocycles. The Morgan fingerprint density at radius 3 is 2.24 bits per heavy atom. The van der Waals surface area contributed by atoms with Gasteiger partial charge in [0.1, 0.15) is 15.7 Å². The fourth-order valence-corrected chi connectivity index (χ4v) is 3.61. The first-order chi connectivity index (χ1) is 13.3. The molecule has 158 valence electrons. The van der Waals surface area contributed by atoms with Crippen molar-refractivity contribution in [3.05, 3.63) is 36.0 Å². The number of carbonyl (C=O) groups excluding carboxylic acids is 1. The van der Waals surface area contributed by atoms with Gasteiger partial charge in [0.05, 0.1) is 17.2 Å². The van der Waals surface area contributed by atoms with Crippen molar-refractivity contribution in [2.24, 2.45) is 0 Å². The third kappa shape index (κ3) is 7.66. The van der Waals surface area contributed by atoms with Crippen LogP contribution in [-0.2, 0) is 25.4 Å². The summed E-state index contributed by atoms with van der Waals surface area (Å²) in [6, 6.07) is 7.53. The minimum Gasteiger partial charge on any atom is -0.384 e. The van der Waals surface area contributed by atoms with Crippen LogP contribution in [-0.4, -0.2) is 69.6 Å². The Kier molecular flexibility index (Phi) is 6.80. The minimum atomic E-state index is -3.27. The van der Waals surface area contributed by atoms with E-state index in [0.717, 1.165) is 12.5 Å². The molecule has 3 N–H and O–H groups in total. The van der Waals surface area contributed by atoms with Crippen LogP contribution in [0.15, 0.2) is 30.3 Å². The van der Waals surface area contributed by atoms with E-state index in [1.807, 2.05) is 0 Å². The van der Waals surface area contributed by atoms with Crippen LogP contribution in [0.25, 0.3) is 11.4 Å². The Bertz CT molecular complexity index is 1100. The standard InChI is InChI=1S/C17H23N5O5S2/c1-22(8-9-28(2,24)25)17(23)20-13-6-4-12(5-7-13)16-19-14(10-15(18)21-16)11-29(3,26)27/h4-7,10H,8-9,11H2,1-3H3,(H,20,23)(H2,18,19,21). The van der Waals surface area contributed by atoms with Gasteiger partial charge in [-0.2, -0.15) is 0 Å². The fraction of sp³-hybridized carbons (Fsp3) is 0.353. The van der Waals surface area contributed by atoms with Crippen LogP contribution >= 0.6 is 0 Å². The van der Waals surface area contributed by atoms with Crippen LogP contribution in [0.5, 0.6) is 0 Å². The topological polar surface area (TPSA) is 152 Å². The molecule has 2 amide bonds. The molecule has 12 heteroatoms. The van der Waals surface area contributed by atoms with Crippen LogP contribution in [0.2, 0.25) is 0 Å². The van der Waals surface area contributed by atoms with E-state index in [9.17, 15) is 21.6 Å². The third-order valence-electron chi connectivity index (χ3n) is 3.75. The van der Waals surface area contributed by atoms with Crippen LogP contribution in [0.1, 0.15) is 5.69 Å². The number of hydrogen-bond donors (Lipinski definition) is 2. The summed E-state index contributed by atoms with van der Waals surface area (Å²) in [7, 11) is -4.94. The van der Waals surface area contributed by atoms with Crippen LogP contribution in [0, 0.1) is 0 Å². The molecule has 0 aliphatic heterocycles. The van der Waals surface area contributed by atoms with E-state index in [2.05, 4.69) is 15.3 Å². The van der Waals surface area contributed by atoms with Crippen LogP contribution < -0.4 is 11.1 Å². The largest absolute Gasteiger partial charge is 0.384 e. The SMILES string of the molecule is CN(CCS(C)(=O)=O)C(=O)Nc1ccc(-c2nc(N)cc(CS(C)(=O)=O)n2)cc1. The van der Waals surface area contributed by atoms with E-state index in [4.69, 9.17) is 5.73 Å². The van der Waals surface area contributed by atoms with Gasteiger partial charge in [0.25, 0.3) is 0 Å². The number of anilines is 2. The molecule has 0 aliphatic rings. The van der Waals surface area contributed by atoms with Crippen molar-refractivity contribution >= 4 is 37.2 Å². The molecule has 0 unspecified atom stereocenters. The third-order valence-corrected chi connectivity index (χ3v) is 5.49. The second-order valence-corrected chi connectivity index (χ2v) is 11.1. The monoisotopic (exact) mass is 441 g/mol. The van der Waals surface area contributed by atoms with Gasteiger partial charge in [-0.25, -0.2) is 31.6 Å². The summed E-state index contributed by atoms with van der Waals surface area (Å²) in [5.41, 5.74) is 7.13. The maximum absolute atomic E-state index is 12.1. The lowest BCUT2D eigenvalue weighted by atomic mass is 10.2. The molecular weight excluding hydrogens is 418 g/mol. The summed E-state index contributed by atoms with van der Waals surface area (Å²) < 4.78 is 45.4. The molecule has 0 spiro atoms. The number of nitrogens with zero attached hydrogens (tertiary/aromatic N) is 3. The fourth-order valence-electron chi connectivity index (χ4n) is 2.32. The number of nitrogens with two attached hydrogens (primary N) is 1. The maximum atomic E-state index is 12.1. The van der Waals surface area contributed by atoms with Gasteiger partial charge < -0.3 is 16.0 Å². The molecule has 2 aromatic rings. The quantitative estimate of drug-likeness (QED) is 0.639. The van der Waals surface area contributed by atoms with Gasteiger partial charge in [-0.05, 0) is 24.3 Å². The average molecular weight is 442 g/mol. The molecule has 0 bridgehead atoms. The smallest absolute Gasteiger partial charge is 0.321 e. The van der Waals surface area contributed by atoms with Gasteiger partial charge in [-0.3, -0.25) is 0 Å². The van der Waals surface area contributed by atoms with Crippen molar-refractivity contribution in [1.82, 2.24) is 14.9 Å². The number of benzene rings is 1. The highest BCUT2D eigenvalue weighted by molar-refractivity contribution is 7.90. The van der Waals surface area contributed by atoms with E-state index >= 15 is 0 Å². The summed E-state index contributed by atoms with van der Waals surface area (Å²) in [5.74, 6) is 0.0457. The van der Waals surface area contributed by atoms with Gasteiger partial charge in [0, 0.05) is 43.4 Å².